The van der Waals surface area contributed by atoms with E-state index < -0.39 is 74.2 Å². The Hall–Kier alpha value is -1.41. The quantitative estimate of drug-likeness (QED) is 0.0396. The number of unbranched alkanes of at least 4 members (excludes halogenated alkanes) is 14. The van der Waals surface area contributed by atoms with Crippen LogP contribution in [0.5, 0.6) is 0 Å². The lowest BCUT2D eigenvalue weighted by molar-refractivity contribution is -0.303. The average molecular weight is 702 g/mol. The summed E-state index contributed by atoms with van der Waals surface area (Å²) in [6.45, 7) is 3.30. The van der Waals surface area contributed by atoms with Crippen molar-refractivity contribution in [1.82, 2.24) is 5.32 Å². The van der Waals surface area contributed by atoms with Crippen molar-refractivity contribution in [3.63, 3.8) is 0 Å². The molecular formula is C38H71NO10. The van der Waals surface area contributed by atoms with Gasteiger partial charge in [-0.15, -0.1) is 0 Å². The number of hydrogen-bond acceptors (Lipinski definition) is 10. The Bertz CT molecular complexity index is 856. The lowest BCUT2D eigenvalue weighted by atomic mass is 9.98. The first-order chi connectivity index (χ1) is 23.7. The van der Waals surface area contributed by atoms with E-state index in [2.05, 4.69) is 43.5 Å². The molecule has 1 aliphatic heterocycles. The van der Waals surface area contributed by atoms with Gasteiger partial charge in [-0.3, -0.25) is 4.79 Å². The van der Waals surface area contributed by atoms with Gasteiger partial charge in [0.15, 0.2) is 6.29 Å². The van der Waals surface area contributed by atoms with Crippen LogP contribution in [0.2, 0.25) is 0 Å². The molecule has 0 radical (unpaired) electrons. The monoisotopic (exact) mass is 702 g/mol. The molecule has 8 N–H and O–H groups in total. The number of carbonyl (C=O) groups is 1. The fourth-order valence-corrected chi connectivity index (χ4v) is 5.90. The Morgan fingerprint density at radius 1 is 0.694 bits per heavy atom. The van der Waals surface area contributed by atoms with Gasteiger partial charge in [0.25, 0.3) is 0 Å². The molecule has 0 aromatic heterocycles. The zero-order valence-electron chi connectivity index (χ0n) is 30.4. The van der Waals surface area contributed by atoms with Gasteiger partial charge in [0.2, 0.25) is 5.91 Å². The SMILES string of the molecule is CCCCC/C=C/CCCC(O)C(O)C(COC1OC(CO)C(O)C(O)C1O)NC(=O)C(O)CCCCCCCC/C=C\CCCCCC. The highest BCUT2D eigenvalue weighted by Gasteiger charge is 2.44. The predicted molar refractivity (Wildman–Crippen MR) is 192 cm³/mol. The maximum Gasteiger partial charge on any atom is 0.249 e. The zero-order valence-corrected chi connectivity index (χ0v) is 30.4. The molecule has 1 aliphatic rings. The molecular weight excluding hydrogens is 630 g/mol. The van der Waals surface area contributed by atoms with E-state index in [1.54, 1.807) is 0 Å². The minimum Gasteiger partial charge on any atom is -0.394 e. The number of carbonyl (C=O) groups excluding carboxylic acids is 1. The van der Waals surface area contributed by atoms with Crippen LogP contribution in [-0.2, 0) is 14.3 Å². The van der Waals surface area contributed by atoms with Crippen LogP contribution < -0.4 is 5.32 Å². The molecule has 0 aliphatic carbocycles. The van der Waals surface area contributed by atoms with Crippen LogP contribution in [0.3, 0.4) is 0 Å². The van der Waals surface area contributed by atoms with E-state index in [4.69, 9.17) is 9.47 Å². The molecule has 1 rings (SSSR count). The summed E-state index contributed by atoms with van der Waals surface area (Å²) in [5.41, 5.74) is 0. The number of rotatable bonds is 30. The number of amides is 1. The number of aliphatic hydroxyl groups excluding tert-OH is 7. The van der Waals surface area contributed by atoms with Crippen LogP contribution in [0.1, 0.15) is 142 Å². The number of aliphatic hydroxyl groups is 7. The van der Waals surface area contributed by atoms with E-state index in [1.165, 1.54) is 38.5 Å². The molecule has 9 atom stereocenters. The van der Waals surface area contributed by atoms with Gasteiger partial charge < -0.3 is 50.5 Å². The van der Waals surface area contributed by atoms with Gasteiger partial charge in [-0.1, -0.05) is 102 Å². The summed E-state index contributed by atoms with van der Waals surface area (Å²) in [5, 5.41) is 74.9. The van der Waals surface area contributed by atoms with Crippen molar-refractivity contribution in [1.29, 1.82) is 0 Å². The zero-order chi connectivity index (χ0) is 36.3. The molecule has 0 spiro atoms. The van der Waals surface area contributed by atoms with Gasteiger partial charge in [-0.2, -0.15) is 0 Å². The van der Waals surface area contributed by atoms with Crippen LogP contribution in [0.15, 0.2) is 24.3 Å². The smallest absolute Gasteiger partial charge is 0.249 e. The Morgan fingerprint density at radius 2 is 1.20 bits per heavy atom. The second-order valence-electron chi connectivity index (χ2n) is 13.6. The molecule has 288 valence electrons. The highest BCUT2D eigenvalue weighted by molar-refractivity contribution is 5.80. The maximum absolute atomic E-state index is 12.9. The molecule has 0 saturated carbocycles. The van der Waals surface area contributed by atoms with Gasteiger partial charge in [0.1, 0.15) is 36.6 Å². The predicted octanol–water partition coefficient (Wildman–Crippen LogP) is 4.32. The van der Waals surface area contributed by atoms with Gasteiger partial charge in [-0.25, -0.2) is 0 Å². The van der Waals surface area contributed by atoms with Crippen LogP contribution >= 0.6 is 0 Å². The summed E-state index contributed by atoms with van der Waals surface area (Å²) in [6, 6.07) is -1.18. The van der Waals surface area contributed by atoms with Crippen LogP contribution in [-0.4, -0.2) is 110 Å². The number of ether oxygens (including phenoxy) is 2. The molecule has 0 aromatic rings. The second-order valence-corrected chi connectivity index (χ2v) is 13.6. The molecule has 49 heavy (non-hydrogen) atoms. The third-order valence-electron chi connectivity index (χ3n) is 9.23. The number of allylic oxidation sites excluding steroid dienone is 4. The summed E-state index contributed by atoms with van der Waals surface area (Å²) < 4.78 is 11.0. The van der Waals surface area contributed by atoms with Crippen LogP contribution in [0.4, 0.5) is 0 Å². The summed E-state index contributed by atoms with van der Waals surface area (Å²) in [4.78, 5) is 12.9. The minimum absolute atomic E-state index is 0.246. The van der Waals surface area contributed by atoms with Gasteiger partial charge in [0, 0.05) is 0 Å². The van der Waals surface area contributed by atoms with Gasteiger partial charge >= 0.3 is 0 Å². The molecule has 1 saturated heterocycles. The molecule has 0 aromatic carbocycles. The van der Waals surface area contributed by atoms with Gasteiger partial charge in [-0.05, 0) is 64.2 Å². The van der Waals surface area contributed by atoms with E-state index in [1.807, 2.05) is 0 Å². The van der Waals surface area contributed by atoms with Crippen molar-refractivity contribution in [2.75, 3.05) is 13.2 Å². The largest absolute Gasteiger partial charge is 0.394 e. The minimum atomic E-state index is -1.66. The Morgan fingerprint density at radius 3 is 1.80 bits per heavy atom. The van der Waals surface area contributed by atoms with Crippen molar-refractivity contribution in [2.45, 2.75) is 197 Å². The van der Waals surface area contributed by atoms with Crippen molar-refractivity contribution in [3.05, 3.63) is 24.3 Å². The highest BCUT2D eigenvalue weighted by Crippen LogP contribution is 2.23. The fourth-order valence-electron chi connectivity index (χ4n) is 5.90. The first-order valence-corrected chi connectivity index (χ1v) is 19.2. The summed E-state index contributed by atoms with van der Waals surface area (Å²) in [7, 11) is 0. The Kier molecular flexibility index (Phi) is 27.2. The summed E-state index contributed by atoms with van der Waals surface area (Å²) in [5.74, 6) is -0.717. The first-order valence-electron chi connectivity index (χ1n) is 19.2. The van der Waals surface area contributed by atoms with E-state index in [9.17, 15) is 40.5 Å². The van der Waals surface area contributed by atoms with E-state index in [0.29, 0.717) is 12.8 Å². The lowest BCUT2D eigenvalue weighted by Gasteiger charge is -2.40. The number of nitrogens with one attached hydrogen (secondary N) is 1. The third kappa shape index (κ3) is 20.3. The van der Waals surface area contributed by atoms with Crippen molar-refractivity contribution < 1.29 is 50.0 Å². The standard InChI is InChI=1S/C38H71NO10/c1-3-5-7-9-11-13-14-15-16-17-18-20-22-24-26-31(42)37(47)39-29(28-48-38-36(46)35(45)34(44)32(27-40)49-38)33(43)30(41)25-23-21-19-12-10-8-6-4-2/h12-14,19,29-36,38,40-46H,3-11,15-18,20-28H2,1-2H3,(H,39,47)/b14-13-,19-12+. The summed E-state index contributed by atoms with van der Waals surface area (Å²) >= 11 is 0. The topological polar surface area (TPSA) is 189 Å². The van der Waals surface area contributed by atoms with E-state index in [-0.39, 0.29) is 12.8 Å². The normalized spacial score (nSPS) is 24.0. The Balaban J connectivity index is 2.56. The average Bonchev–Trinajstić information content (AvgIpc) is 3.10. The molecule has 1 fully saturated rings. The highest BCUT2D eigenvalue weighted by atomic mass is 16.7. The molecule has 11 heteroatoms. The van der Waals surface area contributed by atoms with E-state index >= 15 is 0 Å². The third-order valence-corrected chi connectivity index (χ3v) is 9.23. The van der Waals surface area contributed by atoms with Crippen LogP contribution in [0, 0.1) is 0 Å². The van der Waals surface area contributed by atoms with E-state index in [0.717, 1.165) is 64.2 Å². The summed E-state index contributed by atoms with van der Waals surface area (Å²) in [6.07, 6.45) is 16.9. The molecule has 9 unspecified atom stereocenters. The maximum atomic E-state index is 12.9. The molecule has 11 nitrogen and oxygen atoms in total. The van der Waals surface area contributed by atoms with Crippen LogP contribution in [0.25, 0.3) is 0 Å². The Labute approximate surface area is 295 Å². The fraction of sp³-hybridized carbons (Fsp3) is 0.868. The van der Waals surface area contributed by atoms with Crippen molar-refractivity contribution in [2.24, 2.45) is 0 Å². The first kappa shape index (κ1) is 45.6. The van der Waals surface area contributed by atoms with Gasteiger partial charge in [0.05, 0.1) is 25.4 Å². The molecule has 1 amide bonds. The number of hydrogen-bond donors (Lipinski definition) is 8. The molecule has 1 heterocycles. The molecule has 0 bridgehead atoms. The van der Waals surface area contributed by atoms with Crippen molar-refractivity contribution >= 4 is 5.91 Å². The lowest BCUT2D eigenvalue weighted by Crippen LogP contribution is -2.60. The van der Waals surface area contributed by atoms with Crippen molar-refractivity contribution in [3.8, 4) is 0 Å². The second kappa shape index (κ2) is 29.2.